The van der Waals surface area contributed by atoms with E-state index in [1.807, 2.05) is 42.5 Å². The molecule has 1 amide bonds. The summed E-state index contributed by atoms with van der Waals surface area (Å²) in [6.07, 6.45) is 3.04. The molecule has 7 heteroatoms. The van der Waals surface area contributed by atoms with Gasteiger partial charge in [0.25, 0.3) is 5.91 Å². The average molecular weight is 409 g/mol. The molecule has 2 aromatic carbocycles. The molecule has 7 nitrogen and oxygen atoms in total. The molecule has 0 saturated carbocycles. The van der Waals surface area contributed by atoms with Crippen LogP contribution in [0, 0.1) is 0 Å². The second-order valence-electron chi connectivity index (χ2n) is 7.31. The van der Waals surface area contributed by atoms with Crippen LogP contribution in [0.1, 0.15) is 35.7 Å². The van der Waals surface area contributed by atoms with E-state index in [0.29, 0.717) is 42.8 Å². The van der Waals surface area contributed by atoms with E-state index in [2.05, 4.69) is 22.5 Å². The second-order valence-corrected chi connectivity index (χ2v) is 7.31. The SMILES string of the molecule is CCc1ccc(C(=O)NC(=NC[C@@H]2CCCO2)Nc2ccc3c(c2)OCCO3)cc1. The lowest BCUT2D eigenvalue weighted by atomic mass is 10.1. The molecule has 2 aromatic rings. The molecule has 2 N–H and O–H groups in total. The molecule has 2 aliphatic heterocycles. The maximum absolute atomic E-state index is 12.8. The van der Waals surface area contributed by atoms with Crippen LogP contribution in [0.2, 0.25) is 0 Å². The number of nitrogens with one attached hydrogen (secondary N) is 2. The summed E-state index contributed by atoms with van der Waals surface area (Å²) in [6, 6.07) is 13.2. The molecule has 0 radical (unpaired) electrons. The third-order valence-corrected chi connectivity index (χ3v) is 5.14. The molecule has 1 fully saturated rings. The zero-order valence-corrected chi connectivity index (χ0v) is 17.1. The van der Waals surface area contributed by atoms with Gasteiger partial charge >= 0.3 is 0 Å². The summed E-state index contributed by atoms with van der Waals surface area (Å²) in [5.74, 6) is 1.55. The highest BCUT2D eigenvalue weighted by molar-refractivity contribution is 6.10. The number of hydrogen-bond acceptors (Lipinski definition) is 5. The number of carbonyl (C=O) groups excluding carboxylic acids is 1. The molecule has 0 aromatic heterocycles. The van der Waals surface area contributed by atoms with Gasteiger partial charge in [0.15, 0.2) is 11.5 Å². The smallest absolute Gasteiger partial charge is 0.257 e. The van der Waals surface area contributed by atoms with Crippen molar-refractivity contribution in [2.24, 2.45) is 4.99 Å². The van der Waals surface area contributed by atoms with Gasteiger partial charge in [-0.2, -0.15) is 0 Å². The Morgan fingerprint density at radius 3 is 2.60 bits per heavy atom. The second kappa shape index (κ2) is 9.63. The van der Waals surface area contributed by atoms with E-state index in [9.17, 15) is 4.79 Å². The molecule has 0 spiro atoms. The maximum atomic E-state index is 12.8. The van der Waals surface area contributed by atoms with Crippen molar-refractivity contribution >= 4 is 17.6 Å². The van der Waals surface area contributed by atoms with E-state index in [1.54, 1.807) is 0 Å². The van der Waals surface area contributed by atoms with Crippen molar-refractivity contribution in [3.8, 4) is 11.5 Å². The van der Waals surface area contributed by atoms with Crippen molar-refractivity contribution < 1.29 is 19.0 Å². The predicted molar refractivity (Wildman–Crippen MR) is 116 cm³/mol. The van der Waals surface area contributed by atoms with Crippen LogP contribution in [-0.4, -0.2) is 44.3 Å². The van der Waals surface area contributed by atoms with Crippen molar-refractivity contribution in [1.29, 1.82) is 0 Å². The lowest BCUT2D eigenvalue weighted by Crippen LogP contribution is -2.36. The Hall–Kier alpha value is -3.06. The summed E-state index contributed by atoms with van der Waals surface area (Å²) in [7, 11) is 0. The van der Waals surface area contributed by atoms with Crippen molar-refractivity contribution in [3.63, 3.8) is 0 Å². The minimum atomic E-state index is -0.214. The summed E-state index contributed by atoms with van der Waals surface area (Å²) in [5, 5.41) is 6.10. The number of guanidine groups is 1. The van der Waals surface area contributed by atoms with Crippen LogP contribution in [0.4, 0.5) is 5.69 Å². The molecule has 0 unspecified atom stereocenters. The zero-order chi connectivity index (χ0) is 20.8. The number of hydrogen-bond donors (Lipinski definition) is 2. The molecule has 1 saturated heterocycles. The van der Waals surface area contributed by atoms with E-state index in [4.69, 9.17) is 14.2 Å². The molecule has 4 rings (SSSR count). The van der Waals surface area contributed by atoms with Gasteiger partial charge < -0.3 is 19.5 Å². The number of nitrogens with zero attached hydrogens (tertiary/aromatic N) is 1. The van der Waals surface area contributed by atoms with E-state index < -0.39 is 0 Å². The monoisotopic (exact) mass is 409 g/mol. The molecule has 1 atom stereocenters. The number of fused-ring (bicyclic) bond motifs is 1. The quantitative estimate of drug-likeness (QED) is 0.584. The van der Waals surface area contributed by atoms with Gasteiger partial charge in [-0.3, -0.25) is 10.1 Å². The first-order valence-corrected chi connectivity index (χ1v) is 10.4. The van der Waals surface area contributed by atoms with Crippen LogP contribution < -0.4 is 20.1 Å². The Kier molecular flexibility index (Phi) is 6.49. The molecule has 158 valence electrons. The van der Waals surface area contributed by atoms with E-state index in [0.717, 1.165) is 31.6 Å². The molecule has 2 heterocycles. The first-order chi connectivity index (χ1) is 14.7. The highest BCUT2D eigenvalue weighted by Gasteiger charge is 2.17. The topological polar surface area (TPSA) is 81.2 Å². The highest BCUT2D eigenvalue weighted by Crippen LogP contribution is 2.32. The van der Waals surface area contributed by atoms with E-state index in [1.165, 1.54) is 5.56 Å². The Labute approximate surface area is 176 Å². The largest absolute Gasteiger partial charge is 0.486 e. The Balaban J connectivity index is 1.49. The first-order valence-electron chi connectivity index (χ1n) is 10.4. The van der Waals surface area contributed by atoms with E-state index in [-0.39, 0.29) is 12.0 Å². The lowest BCUT2D eigenvalue weighted by Gasteiger charge is -2.19. The summed E-state index contributed by atoms with van der Waals surface area (Å²) in [5.41, 5.74) is 2.53. The van der Waals surface area contributed by atoms with Gasteiger partial charge in [0.2, 0.25) is 5.96 Å². The van der Waals surface area contributed by atoms with Crippen LogP contribution in [0.5, 0.6) is 11.5 Å². The fourth-order valence-electron chi connectivity index (χ4n) is 3.42. The fraction of sp³-hybridized carbons (Fsp3) is 0.391. The summed E-state index contributed by atoms with van der Waals surface area (Å²) in [4.78, 5) is 17.4. The van der Waals surface area contributed by atoms with Gasteiger partial charge in [0, 0.05) is 23.9 Å². The maximum Gasteiger partial charge on any atom is 0.257 e. The number of aliphatic imine (C=N–C) groups is 1. The summed E-state index contributed by atoms with van der Waals surface area (Å²) in [6.45, 7) is 4.40. The minimum Gasteiger partial charge on any atom is -0.486 e. The average Bonchev–Trinajstić information content (AvgIpc) is 3.31. The lowest BCUT2D eigenvalue weighted by molar-refractivity contribution is 0.0975. The first kappa shape index (κ1) is 20.2. The van der Waals surface area contributed by atoms with Gasteiger partial charge in [0.1, 0.15) is 13.2 Å². The number of amides is 1. The van der Waals surface area contributed by atoms with Gasteiger partial charge in [-0.1, -0.05) is 19.1 Å². The fourth-order valence-corrected chi connectivity index (χ4v) is 3.42. The van der Waals surface area contributed by atoms with Gasteiger partial charge in [0.05, 0.1) is 12.6 Å². The van der Waals surface area contributed by atoms with Crippen LogP contribution in [-0.2, 0) is 11.2 Å². The Morgan fingerprint density at radius 1 is 1.07 bits per heavy atom. The Bertz CT molecular complexity index is 905. The molecule has 30 heavy (non-hydrogen) atoms. The van der Waals surface area contributed by atoms with Crippen LogP contribution in [0.25, 0.3) is 0 Å². The van der Waals surface area contributed by atoms with Crippen LogP contribution in [0.15, 0.2) is 47.5 Å². The zero-order valence-electron chi connectivity index (χ0n) is 17.1. The van der Waals surface area contributed by atoms with Crippen molar-refractivity contribution in [1.82, 2.24) is 5.32 Å². The van der Waals surface area contributed by atoms with Crippen molar-refractivity contribution in [2.45, 2.75) is 32.3 Å². The Morgan fingerprint density at radius 2 is 1.87 bits per heavy atom. The number of benzene rings is 2. The molecule has 2 aliphatic rings. The van der Waals surface area contributed by atoms with Crippen molar-refractivity contribution in [3.05, 3.63) is 53.6 Å². The highest BCUT2D eigenvalue weighted by atomic mass is 16.6. The number of anilines is 1. The van der Waals surface area contributed by atoms with Crippen LogP contribution >= 0.6 is 0 Å². The molecular weight excluding hydrogens is 382 g/mol. The minimum absolute atomic E-state index is 0.0859. The van der Waals surface area contributed by atoms with Gasteiger partial charge in [-0.15, -0.1) is 0 Å². The number of rotatable bonds is 5. The van der Waals surface area contributed by atoms with Crippen molar-refractivity contribution in [2.75, 3.05) is 31.7 Å². The normalized spacial score (nSPS) is 18.2. The number of carbonyl (C=O) groups is 1. The summed E-state index contributed by atoms with van der Waals surface area (Å²) < 4.78 is 16.9. The van der Waals surface area contributed by atoms with Gasteiger partial charge in [-0.05, 0) is 49.1 Å². The molecule has 0 aliphatic carbocycles. The number of ether oxygens (including phenoxy) is 3. The molecular formula is C23H27N3O4. The number of aryl methyl sites for hydroxylation is 1. The van der Waals surface area contributed by atoms with Crippen LogP contribution in [0.3, 0.4) is 0 Å². The van der Waals surface area contributed by atoms with E-state index >= 15 is 0 Å². The third-order valence-electron chi connectivity index (χ3n) is 5.14. The standard InChI is InChI=1S/C23H27N3O4/c1-2-16-5-7-17(8-6-16)22(27)26-23(24-15-19-4-3-11-28-19)25-18-9-10-20-21(14-18)30-13-12-29-20/h5-10,14,19H,2-4,11-13,15H2,1H3,(H2,24,25,26,27)/t19-/m0/s1. The predicted octanol–water partition coefficient (Wildman–Crippen LogP) is 3.40. The summed E-state index contributed by atoms with van der Waals surface area (Å²) >= 11 is 0. The molecule has 0 bridgehead atoms. The van der Waals surface area contributed by atoms with Gasteiger partial charge in [-0.25, -0.2) is 4.99 Å². The third kappa shape index (κ3) is 5.10.